The number of nitrogens with zero attached hydrogens (tertiary/aromatic N) is 1. The summed E-state index contributed by atoms with van der Waals surface area (Å²) in [5, 5.41) is 3.17. The Morgan fingerprint density at radius 1 is 1.38 bits per heavy atom. The van der Waals surface area contributed by atoms with Gasteiger partial charge in [0.1, 0.15) is 5.76 Å². The number of nitrogens with one attached hydrogen (secondary N) is 1. The van der Waals surface area contributed by atoms with Gasteiger partial charge >= 0.3 is 0 Å². The van der Waals surface area contributed by atoms with E-state index in [0.717, 1.165) is 30.0 Å². The van der Waals surface area contributed by atoms with Crippen molar-refractivity contribution >= 4 is 0 Å². The van der Waals surface area contributed by atoms with Crippen molar-refractivity contribution in [3.8, 4) is 11.3 Å². The van der Waals surface area contributed by atoms with Crippen LogP contribution in [0.4, 0.5) is 0 Å². The number of rotatable bonds is 5. The lowest BCUT2D eigenvalue weighted by Gasteiger charge is -1.96. The van der Waals surface area contributed by atoms with Crippen molar-refractivity contribution in [1.82, 2.24) is 10.3 Å². The highest BCUT2D eigenvalue weighted by molar-refractivity contribution is 5.58. The number of aryl methyl sites for hydroxylation is 1. The van der Waals surface area contributed by atoms with Gasteiger partial charge in [0.15, 0.2) is 5.76 Å². The smallest absolute Gasteiger partial charge is 0.208 e. The largest absolute Gasteiger partial charge is 0.469 e. The monoisotopic (exact) mass is 220 g/mol. The molecule has 0 aliphatic rings. The van der Waals surface area contributed by atoms with Gasteiger partial charge in [-0.1, -0.05) is 13.8 Å². The van der Waals surface area contributed by atoms with E-state index in [-0.39, 0.29) is 0 Å². The van der Waals surface area contributed by atoms with E-state index in [1.165, 1.54) is 0 Å². The molecule has 4 heteroatoms. The standard InChI is InChI=1S/C12H16N2O2/c1-3-10-9(5-6-15-10)11-7-14-12(16-11)8-13-4-2/h5-7,13H,3-4,8H2,1-2H3. The maximum absolute atomic E-state index is 5.64. The summed E-state index contributed by atoms with van der Waals surface area (Å²) in [6, 6.07) is 1.91. The molecule has 0 saturated carbocycles. The summed E-state index contributed by atoms with van der Waals surface area (Å²) in [5.74, 6) is 2.42. The first-order valence-electron chi connectivity index (χ1n) is 5.57. The normalized spacial score (nSPS) is 10.9. The van der Waals surface area contributed by atoms with Crippen molar-refractivity contribution in [2.45, 2.75) is 26.8 Å². The zero-order valence-electron chi connectivity index (χ0n) is 9.62. The molecule has 0 radical (unpaired) electrons. The summed E-state index contributed by atoms with van der Waals surface area (Å²) in [4.78, 5) is 4.21. The Hall–Kier alpha value is -1.55. The molecule has 1 N–H and O–H groups in total. The highest BCUT2D eigenvalue weighted by atomic mass is 16.4. The van der Waals surface area contributed by atoms with E-state index >= 15 is 0 Å². The van der Waals surface area contributed by atoms with Crippen LogP contribution in [-0.4, -0.2) is 11.5 Å². The fraction of sp³-hybridized carbons (Fsp3) is 0.417. The van der Waals surface area contributed by atoms with Gasteiger partial charge in [-0.15, -0.1) is 0 Å². The Balaban J connectivity index is 2.18. The molecule has 0 saturated heterocycles. The molecular formula is C12H16N2O2. The molecular weight excluding hydrogens is 204 g/mol. The van der Waals surface area contributed by atoms with E-state index in [0.29, 0.717) is 12.4 Å². The summed E-state index contributed by atoms with van der Waals surface area (Å²) < 4.78 is 11.0. The summed E-state index contributed by atoms with van der Waals surface area (Å²) in [7, 11) is 0. The topological polar surface area (TPSA) is 51.2 Å². The van der Waals surface area contributed by atoms with Crippen molar-refractivity contribution in [3.63, 3.8) is 0 Å². The minimum Gasteiger partial charge on any atom is -0.469 e. The lowest BCUT2D eigenvalue weighted by Crippen LogP contribution is -2.11. The predicted octanol–water partition coefficient (Wildman–Crippen LogP) is 2.61. The van der Waals surface area contributed by atoms with Crippen LogP contribution >= 0.6 is 0 Å². The Morgan fingerprint density at radius 2 is 2.25 bits per heavy atom. The molecule has 86 valence electrons. The van der Waals surface area contributed by atoms with Crippen molar-refractivity contribution < 1.29 is 8.83 Å². The quantitative estimate of drug-likeness (QED) is 0.841. The molecule has 2 aromatic heterocycles. The van der Waals surface area contributed by atoms with E-state index in [1.54, 1.807) is 12.5 Å². The van der Waals surface area contributed by atoms with Crippen LogP contribution in [-0.2, 0) is 13.0 Å². The summed E-state index contributed by atoms with van der Waals surface area (Å²) in [5.41, 5.74) is 0.998. The maximum atomic E-state index is 5.64. The molecule has 16 heavy (non-hydrogen) atoms. The molecule has 2 rings (SSSR count). The van der Waals surface area contributed by atoms with Gasteiger partial charge in [-0.25, -0.2) is 4.98 Å². The molecule has 0 aliphatic heterocycles. The molecule has 0 atom stereocenters. The predicted molar refractivity (Wildman–Crippen MR) is 61.0 cm³/mol. The van der Waals surface area contributed by atoms with Gasteiger partial charge < -0.3 is 14.2 Å². The van der Waals surface area contributed by atoms with Crippen LogP contribution in [0.1, 0.15) is 25.5 Å². The SMILES string of the molecule is CCNCc1ncc(-c2ccoc2CC)o1. The first-order valence-corrected chi connectivity index (χ1v) is 5.57. The van der Waals surface area contributed by atoms with E-state index < -0.39 is 0 Å². The molecule has 0 fully saturated rings. The highest BCUT2D eigenvalue weighted by Gasteiger charge is 2.11. The van der Waals surface area contributed by atoms with Gasteiger partial charge in [0, 0.05) is 6.42 Å². The van der Waals surface area contributed by atoms with E-state index in [2.05, 4.69) is 24.1 Å². The highest BCUT2D eigenvalue weighted by Crippen LogP contribution is 2.25. The Labute approximate surface area is 94.7 Å². The van der Waals surface area contributed by atoms with Gasteiger partial charge in [0.2, 0.25) is 5.89 Å². The zero-order chi connectivity index (χ0) is 11.4. The van der Waals surface area contributed by atoms with Crippen LogP contribution < -0.4 is 5.32 Å². The number of furan rings is 1. The Morgan fingerprint density at radius 3 is 3.00 bits per heavy atom. The number of oxazole rings is 1. The van der Waals surface area contributed by atoms with Crippen LogP contribution in [0.2, 0.25) is 0 Å². The molecule has 0 unspecified atom stereocenters. The minimum atomic E-state index is 0.663. The summed E-state index contributed by atoms with van der Waals surface area (Å²) in [6.07, 6.45) is 4.28. The van der Waals surface area contributed by atoms with Crippen LogP contribution in [0.25, 0.3) is 11.3 Å². The van der Waals surface area contributed by atoms with E-state index in [4.69, 9.17) is 8.83 Å². The van der Waals surface area contributed by atoms with Crippen LogP contribution in [0.15, 0.2) is 27.4 Å². The van der Waals surface area contributed by atoms with E-state index in [1.807, 2.05) is 6.07 Å². The minimum absolute atomic E-state index is 0.663. The third-order valence-electron chi connectivity index (χ3n) is 2.41. The van der Waals surface area contributed by atoms with Gasteiger partial charge in [-0.2, -0.15) is 0 Å². The second-order valence-electron chi connectivity index (χ2n) is 3.51. The summed E-state index contributed by atoms with van der Waals surface area (Å²) in [6.45, 7) is 5.67. The lowest BCUT2D eigenvalue weighted by molar-refractivity contribution is 0.478. The molecule has 2 heterocycles. The molecule has 0 amide bonds. The van der Waals surface area contributed by atoms with Crippen molar-refractivity contribution in [2.24, 2.45) is 0 Å². The first kappa shape index (κ1) is 11.0. The zero-order valence-corrected chi connectivity index (χ0v) is 9.62. The fourth-order valence-corrected chi connectivity index (χ4v) is 1.58. The third kappa shape index (κ3) is 2.17. The molecule has 2 aromatic rings. The third-order valence-corrected chi connectivity index (χ3v) is 2.41. The number of aromatic nitrogens is 1. The van der Waals surface area contributed by atoms with Crippen LogP contribution in [0, 0.1) is 0 Å². The first-order chi connectivity index (χ1) is 7.85. The van der Waals surface area contributed by atoms with Crippen LogP contribution in [0.5, 0.6) is 0 Å². The van der Waals surface area contributed by atoms with Crippen molar-refractivity contribution in [3.05, 3.63) is 30.2 Å². The molecule has 4 nitrogen and oxygen atoms in total. The second kappa shape index (κ2) is 4.99. The lowest BCUT2D eigenvalue weighted by atomic mass is 10.2. The van der Waals surface area contributed by atoms with Crippen molar-refractivity contribution in [2.75, 3.05) is 6.54 Å². The number of hydrogen-bond acceptors (Lipinski definition) is 4. The molecule has 0 aromatic carbocycles. The Bertz CT molecular complexity index is 445. The van der Waals surface area contributed by atoms with Gasteiger partial charge in [-0.3, -0.25) is 0 Å². The average Bonchev–Trinajstić information content (AvgIpc) is 2.94. The maximum Gasteiger partial charge on any atom is 0.208 e. The van der Waals surface area contributed by atoms with Gasteiger partial charge in [-0.05, 0) is 12.6 Å². The Kier molecular flexibility index (Phi) is 3.41. The second-order valence-corrected chi connectivity index (χ2v) is 3.51. The van der Waals surface area contributed by atoms with Gasteiger partial charge in [0.05, 0.1) is 24.6 Å². The van der Waals surface area contributed by atoms with E-state index in [9.17, 15) is 0 Å². The number of hydrogen-bond donors (Lipinski definition) is 1. The molecule has 0 aliphatic carbocycles. The van der Waals surface area contributed by atoms with Gasteiger partial charge in [0.25, 0.3) is 0 Å². The molecule has 0 spiro atoms. The molecule has 0 bridgehead atoms. The average molecular weight is 220 g/mol. The van der Waals surface area contributed by atoms with Crippen molar-refractivity contribution in [1.29, 1.82) is 0 Å². The summed E-state index contributed by atoms with van der Waals surface area (Å²) >= 11 is 0. The fourth-order valence-electron chi connectivity index (χ4n) is 1.58. The van der Waals surface area contributed by atoms with Crippen LogP contribution in [0.3, 0.4) is 0 Å².